The molecule has 9 heteroatoms. The fourth-order valence-corrected chi connectivity index (χ4v) is 3.58. The molecule has 32 heavy (non-hydrogen) atoms. The third-order valence-corrected chi connectivity index (χ3v) is 5.01. The first kappa shape index (κ1) is 21.1. The zero-order chi connectivity index (χ0) is 22.7. The van der Waals surface area contributed by atoms with E-state index in [-0.39, 0.29) is 30.9 Å². The molecule has 0 atom stereocenters. The van der Waals surface area contributed by atoms with E-state index in [9.17, 15) is 14.4 Å². The van der Waals surface area contributed by atoms with E-state index in [1.165, 1.54) is 22.6 Å². The van der Waals surface area contributed by atoms with Gasteiger partial charge in [-0.15, -0.1) is 0 Å². The van der Waals surface area contributed by atoms with Crippen molar-refractivity contribution in [1.82, 2.24) is 18.7 Å². The summed E-state index contributed by atoms with van der Waals surface area (Å²) in [5.41, 5.74) is 0.388. The van der Waals surface area contributed by atoms with Crippen LogP contribution in [0.2, 0.25) is 0 Å². The highest BCUT2D eigenvalue weighted by atomic mass is 16.5. The van der Waals surface area contributed by atoms with Crippen molar-refractivity contribution in [1.29, 1.82) is 0 Å². The van der Waals surface area contributed by atoms with Crippen molar-refractivity contribution in [3.63, 3.8) is 0 Å². The molecule has 0 aliphatic rings. The number of fused-ring (bicyclic) bond motifs is 1. The molecule has 4 rings (SSSR count). The summed E-state index contributed by atoms with van der Waals surface area (Å²) >= 11 is 0. The van der Waals surface area contributed by atoms with Crippen molar-refractivity contribution in [2.45, 2.75) is 20.0 Å². The lowest BCUT2D eigenvalue weighted by atomic mass is 10.2. The first-order valence-electron chi connectivity index (χ1n) is 10.1. The minimum Gasteiger partial charge on any atom is -0.495 e. The molecule has 0 bridgehead atoms. The predicted octanol–water partition coefficient (Wildman–Crippen LogP) is 1.97. The van der Waals surface area contributed by atoms with E-state index in [2.05, 4.69) is 4.98 Å². The molecule has 2 heterocycles. The van der Waals surface area contributed by atoms with Crippen LogP contribution in [0.4, 0.5) is 0 Å². The van der Waals surface area contributed by atoms with Crippen LogP contribution >= 0.6 is 0 Å². The maximum atomic E-state index is 13.5. The lowest BCUT2D eigenvalue weighted by molar-refractivity contribution is -0.143. The molecule has 0 saturated carbocycles. The minimum absolute atomic E-state index is 0.0637. The zero-order valence-electron chi connectivity index (χ0n) is 17.7. The Hall–Kier alpha value is -4.14. The first-order chi connectivity index (χ1) is 15.5. The van der Waals surface area contributed by atoms with Crippen LogP contribution in [-0.4, -0.2) is 38.4 Å². The average Bonchev–Trinajstić information content (AvgIpc) is 3.21. The smallest absolute Gasteiger partial charge is 0.337 e. The minimum atomic E-state index is -0.558. The van der Waals surface area contributed by atoms with E-state index in [1.807, 2.05) is 30.3 Å². The molecule has 0 radical (unpaired) electrons. The number of hydrogen-bond acceptors (Lipinski definition) is 6. The van der Waals surface area contributed by atoms with Gasteiger partial charge in [0, 0.05) is 0 Å². The van der Waals surface area contributed by atoms with Crippen LogP contribution in [0.1, 0.15) is 12.5 Å². The van der Waals surface area contributed by atoms with Crippen molar-refractivity contribution in [2.24, 2.45) is 0 Å². The molecule has 0 aliphatic heterocycles. The van der Waals surface area contributed by atoms with Crippen LogP contribution in [0.3, 0.4) is 0 Å². The van der Waals surface area contributed by atoms with Gasteiger partial charge in [-0.05, 0) is 24.6 Å². The van der Waals surface area contributed by atoms with Crippen LogP contribution in [0.25, 0.3) is 16.9 Å². The Bertz CT molecular complexity index is 1390. The van der Waals surface area contributed by atoms with Crippen LogP contribution < -0.4 is 16.0 Å². The second-order valence-electron chi connectivity index (χ2n) is 7.02. The van der Waals surface area contributed by atoms with Crippen molar-refractivity contribution in [3.8, 4) is 11.4 Å². The second kappa shape index (κ2) is 8.93. The van der Waals surface area contributed by atoms with E-state index in [4.69, 9.17) is 9.47 Å². The molecule has 4 aromatic rings. The summed E-state index contributed by atoms with van der Waals surface area (Å²) in [4.78, 5) is 43.4. The molecule has 164 valence electrons. The number of hydrogen-bond donors (Lipinski definition) is 0. The van der Waals surface area contributed by atoms with Crippen molar-refractivity contribution < 1.29 is 14.3 Å². The topological polar surface area (TPSA) is 97.4 Å². The number of para-hydroxylation sites is 2. The van der Waals surface area contributed by atoms with Gasteiger partial charge in [0.25, 0.3) is 5.56 Å². The summed E-state index contributed by atoms with van der Waals surface area (Å²) in [5, 5.41) is 0. The highest BCUT2D eigenvalue weighted by Gasteiger charge is 2.22. The van der Waals surface area contributed by atoms with Gasteiger partial charge in [-0.3, -0.25) is 14.2 Å². The summed E-state index contributed by atoms with van der Waals surface area (Å²) in [6.07, 6.45) is 1.36. The second-order valence-corrected chi connectivity index (χ2v) is 7.02. The third-order valence-electron chi connectivity index (χ3n) is 5.01. The fourth-order valence-electron chi connectivity index (χ4n) is 3.58. The number of esters is 1. The normalized spacial score (nSPS) is 10.9. The molecule has 0 spiro atoms. The van der Waals surface area contributed by atoms with Gasteiger partial charge in [0.1, 0.15) is 12.3 Å². The zero-order valence-corrected chi connectivity index (χ0v) is 17.7. The SMILES string of the molecule is CCOC(=O)Cn1cnc2c1c(=O)n(Cc1ccccc1)c(=O)n2-c1ccccc1OC. The van der Waals surface area contributed by atoms with E-state index < -0.39 is 17.2 Å². The molecule has 0 unspecified atom stereocenters. The van der Waals surface area contributed by atoms with Gasteiger partial charge in [0.2, 0.25) is 0 Å². The Morgan fingerprint density at radius 1 is 1.03 bits per heavy atom. The number of carbonyl (C=O) groups is 1. The average molecular weight is 434 g/mol. The summed E-state index contributed by atoms with van der Waals surface area (Å²) in [6.45, 7) is 1.79. The Labute approximate surface area is 183 Å². The predicted molar refractivity (Wildman–Crippen MR) is 118 cm³/mol. The molecule has 2 aromatic carbocycles. The Kier molecular flexibility index (Phi) is 5.89. The molecule has 0 aliphatic carbocycles. The molecule has 2 aromatic heterocycles. The molecule has 9 nitrogen and oxygen atoms in total. The first-order valence-corrected chi connectivity index (χ1v) is 10.1. The number of imidazole rings is 1. The maximum Gasteiger partial charge on any atom is 0.337 e. The van der Waals surface area contributed by atoms with Crippen LogP contribution in [-0.2, 0) is 22.6 Å². The van der Waals surface area contributed by atoms with Crippen LogP contribution in [0.15, 0.2) is 70.5 Å². The highest BCUT2D eigenvalue weighted by molar-refractivity contribution is 5.76. The van der Waals surface area contributed by atoms with Crippen molar-refractivity contribution in [2.75, 3.05) is 13.7 Å². The van der Waals surface area contributed by atoms with E-state index in [0.29, 0.717) is 11.4 Å². The number of methoxy groups -OCH3 is 1. The summed E-state index contributed by atoms with van der Waals surface area (Å²) in [6, 6.07) is 16.2. The van der Waals surface area contributed by atoms with Crippen LogP contribution in [0.5, 0.6) is 5.75 Å². The largest absolute Gasteiger partial charge is 0.495 e. The molecular weight excluding hydrogens is 412 g/mol. The van der Waals surface area contributed by atoms with Gasteiger partial charge >= 0.3 is 11.7 Å². The van der Waals surface area contributed by atoms with Gasteiger partial charge < -0.3 is 14.0 Å². The lowest BCUT2D eigenvalue weighted by Crippen LogP contribution is -2.40. The lowest BCUT2D eigenvalue weighted by Gasteiger charge is -2.15. The molecule has 0 N–H and O–H groups in total. The van der Waals surface area contributed by atoms with Gasteiger partial charge in [-0.25, -0.2) is 14.3 Å². The van der Waals surface area contributed by atoms with E-state index in [1.54, 1.807) is 31.2 Å². The van der Waals surface area contributed by atoms with Crippen molar-refractivity contribution >= 4 is 17.1 Å². The number of aromatic nitrogens is 4. The summed E-state index contributed by atoms with van der Waals surface area (Å²) in [5.74, 6) is -0.0587. The number of benzene rings is 2. The maximum absolute atomic E-state index is 13.5. The Balaban J connectivity index is 2.01. The number of carbonyl (C=O) groups excluding carboxylic acids is 1. The quantitative estimate of drug-likeness (QED) is 0.413. The van der Waals surface area contributed by atoms with E-state index in [0.717, 1.165) is 10.1 Å². The Morgan fingerprint density at radius 3 is 2.47 bits per heavy atom. The van der Waals surface area contributed by atoms with Gasteiger partial charge in [-0.2, -0.15) is 0 Å². The van der Waals surface area contributed by atoms with Gasteiger partial charge in [0.05, 0.1) is 32.3 Å². The van der Waals surface area contributed by atoms with Crippen molar-refractivity contribution in [3.05, 3.63) is 87.3 Å². The molecule has 0 amide bonds. The monoisotopic (exact) mass is 434 g/mol. The van der Waals surface area contributed by atoms with E-state index >= 15 is 0 Å². The summed E-state index contributed by atoms with van der Waals surface area (Å²) in [7, 11) is 1.50. The highest BCUT2D eigenvalue weighted by Crippen LogP contribution is 2.23. The molecule has 0 saturated heterocycles. The number of nitrogens with zero attached hydrogens (tertiary/aromatic N) is 4. The van der Waals surface area contributed by atoms with Gasteiger partial charge in [-0.1, -0.05) is 42.5 Å². The third kappa shape index (κ3) is 3.80. The van der Waals surface area contributed by atoms with Crippen LogP contribution in [0, 0.1) is 0 Å². The fraction of sp³-hybridized carbons (Fsp3) is 0.217. The van der Waals surface area contributed by atoms with Gasteiger partial charge in [0.15, 0.2) is 11.2 Å². The number of rotatable bonds is 7. The summed E-state index contributed by atoms with van der Waals surface area (Å²) < 4.78 is 14.3. The molecule has 0 fully saturated rings. The Morgan fingerprint density at radius 2 is 1.75 bits per heavy atom. The molecular formula is C23H22N4O5. The standard InChI is InChI=1S/C23H22N4O5/c1-3-32-19(28)14-25-15-24-21-20(25)22(29)26(13-16-9-5-4-6-10-16)23(30)27(21)17-11-7-8-12-18(17)31-2/h4-12,15H,3,13-14H2,1-2H3. The number of ether oxygens (including phenoxy) is 2.